The number of anilines is 2. The lowest BCUT2D eigenvalue weighted by Gasteiger charge is -2.10. The van der Waals surface area contributed by atoms with E-state index < -0.39 is 0 Å². The van der Waals surface area contributed by atoms with Gasteiger partial charge in [0.05, 0.1) is 18.3 Å². The lowest BCUT2D eigenvalue weighted by Crippen LogP contribution is -2.22. The Kier molecular flexibility index (Phi) is 6.61. The Hall–Kier alpha value is -3.19. The van der Waals surface area contributed by atoms with Gasteiger partial charge in [0.1, 0.15) is 5.75 Å². The van der Waals surface area contributed by atoms with Crippen molar-refractivity contribution in [2.75, 3.05) is 5.32 Å². The number of thiazole rings is 1. The van der Waals surface area contributed by atoms with Crippen LogP contribution in [-0.4, -0.2) is 22.8 Å². The van der Waals surface area contributed by atoms with Crippen molar-refractivity contribution in [1.82, 2.24) is 10.3 Å². The highest BCUT2D eigenvalue weighted by molar-refractivity contribution is 7.13. The van der Waals surface area contributed by atoms with Crippen molar-refractivity contribution in [2.24, 2.45) is 0 Å². The molecular weight excluding hydrogens is 386 g/mol. The molecule has 0 fully saturated rings. The molecule has 0 saturated carbocycles. The van der Waals surface area contributed by atoms with Crippen molar-refractivity contribution in [2.45, 2.75) is 33.4 Å². The molecule has 29 heavy (non-hydrogen) atoms. The summed E-state index contributed by atoms with van der Waals surface area (Å²) in [4.78, 5) is 28.1. The normalized spacial score (nSPS) is 10.6. The number of carbonyl (C=O) groups is 2. The van der Waals surface area contributed by atoms with Gasteiger partial charge in [0.25, 0.3) is 5.91 Å². The zero-order chi connectivity index (χ0) is 20.8. The van der Waals surface area contributed by atoms with Crippen LogP contribution in [0.5, 0.6) is 5.75 Å². The number of nitrogens with one attached hydrogen (secondary N) is 2. The highest BCUT2D eigenvalue weighted by Crippen LogP contribution is 2.21. The zero-order valence-electron chi connectivity index (χ0n) is 16.6. The van der Waals surface area contributed by atoms with Gasteiger partial charge in [0.15, 0.2) is 10.9 Å². The predicted octanol–water partition coefficient (Wildman–Crippen LogP) is 4.81. The van der Waals surface area contributed by atoms with E-state index in [0.29, 0.717) is 17.7 Å². The van der Waals surface area contributed by atoms with Crippen molar-refractivity contribution in [3.05, 3.63) is 70.7 Å². The van der Waals surface area contributed by atoms with E-state index in [2.05, 4.69) is 15.6 Å². The SMILES string of the molecule is CC(=O)c1ccc(Nc2nc(CNC(=O)c3ccc(OC(C)C)cc3)cs2)cc1. The van der Waals surface area contributed by atoms with E-state index in [9.17, 15) is 9.59 Å². The lowest BCUT2D eigenvalue weighted by molar-refractivity contribution is 0.0949. The molecule has 0 aliphatic heterocycles. The number of hydrogen-bond donors (Lipinski definition) is 2. The van der Waals surface area contributed by atoms with E-state index in [0.717, 1.165) is 22.3 Å². The fraction of sp³-hybridized carbons (Fsp3) is 0.227. The molecule has 0 spiro atoms. The number of aromatic nitrogens is 1. The van der Waals surface area contributed by atoms with Crippen LogP contribution < -0.4 is 15.4 Å². The van der Waals surface area contributed by atoms with Crippen LogP contribution in [0.2, 0.25) is 0 Å². The molecule has 0 bridgehead atoms. The van der Waals surface area contributed by atoms with Gasteiger partial charge in [0.2, 0.25) is 0 Å². The highest BCUT2D eigenvalue weighted by Gasteiger charge is 2.08. The molecule has 6 nitrogen and oxygen atoms in total. The number of nitrogens with zero attached hydrogens (tertiary/aromatic N) is 1. The minimum absolute atomic E-state index is 0.0333. The van der Waals surface area contributed by atoms with Crippen LogP contribution in [-0.2, 0) is 6.54 Å². The monoisotopic (exact) mass is 409 g/mol. The topological polar surface area (TPSA) is 80.3 Å². The molecule has 1 aromatic heterocycles. The van der Waals surface area contributed by atoms with Crippen molar-refractivity contribution >= 4 is 33.8 Å². The van der Waals surface area contributed by atoms with Crippen molar-refractivity contribution in [3.63, 3.8) is 0 Å². The average molecular weight is 410 g/mol. The molecule has 0 saturated heterocycles. The van der Waals surface area contributed by atoms with Gasteiger partial charge in [-0.1, -0.05) is 0 Å². The Labute approximate surface area is 173 Å². The second-order valence-corrected chi connectivity index (χ2v) is 7.63. The van der Waals surface area contributed by atoms with Crippen LogP contribution in [0.4, 0.5) is 10.8 Å². The van der Waals surface area contributed by atoms with Crippen molar-refractivity contribution < 1.29 is 14.3 Å². The molecule has 0 unspecified atom stereocenters. The number of carbonyl (C=O) groups excluding carboxylic acids is 2. The van der Waals surface area contributed by atoms with Crippen molar-refractivity contribution in [3.8, 4) is 5.75 Å². The van der Waals surface area contributed by atoms with Crippen LogP contribution in [0, 0.1) is 0 Å². The van der Waals surface area contributed by atoms with E-state index in [4.69, 9.17) is 4.74 Å². The maximum atomic E-state index is 12.3. The van der Waals surface area contributed by atoms with Gasteiger partial charge in [-0.3, -0.25) is 9.59 Å². The molecule has 2 N–H and O–H groups in total. The van der Waals surface area contributed by atoms with Gasteiger partial charge in [-0.05, 0) is 69.3 Å². The average Bonchev–Trinajstić information content (AvgIpc) is 3.14. The molecule has 3 aromatic rings. The third-order valence-electron chi connectivity index (χ3n) is 4.01. The first-order valence-corrected chi connectivity index (χ1v) is 10.2. The largest absolute Gasteiger partial charge is 0.491 e. The van der Waals surface area contributed by atoms with E-state index in [1.165, 1.54) is 18.3 Å². The molecule has 3 rings (SSSR count). The first-order chi connectivity index (χ1) is 13.9. The van der Waals surface area contributed by atoms with E-state index in [-0.39, 0.29) is 17.8 Å². The summed E-state index contributed by atoms with van der Waals surface area (Å²) in [6.45, 7) is 5.79. The molecule has 0 radical (unpaired) electrons. The summed E-state index contributed by atoms with van der Waals surface area (Å²) in [7, 11) is 0. The number of rotatable bonds is 8. The second-order valence-electron chi connectivity index (χ2n) is 6.78. The number of benzene rings is 2. The smallest absolute Gasteiger partial charge is 0.251 e. The van der Waals surface area contributed by atoms with Gasteiger partial charge < -0.3 is 15.4 Å². The standard InChI is InChI=1S/C22H23N3O3S/c1-14(2)28-20-10-6-17(7-11-20)21(27)23-12-19-13-29-22(25-19)24-18-8-4-16(5-9-18)15(3)26/h4-11,13-14H,12H2,1-3H3,(H,23,27)(H,24,25). The summed E-state index contributed by atoms with van der Waals surface area (Å²) in [6, 6.07) is 14.3. The minimum Gasteiger partial charge on any atom is -0.491 e. The van der Waals surface area contributed by atoms with Gasteiger partial charge >= 0.3 is 0 Å². The summed E-state index contributed by atoms with van der Waals surface area (Å²) >= 11 is 1.45. The van der Waals surface area contributed by atoms with Gasteiger partial charge in [-0.15, -0.1) is 11.3 Å². The van der Waals surface area contributed by atoms with Crippen molar-refractivity contribution in [1.29, 1.82) is 0 Å². The van der Waals surface area contributed by atoms with E-state index in [1.54, 1.807) is 36.4 Å². The fourth-order valence-electron chi connectivity index (χ4n) is 2.59. The Bertz CT molecular complexity index is 979. The molecular formula is C22H23N3O3S. The number of ketones is 1. The molecule has 150 valence electrons. The Balaban J connectivity index is 1.53. The van der Waals surface area contributed by atoms with Crippen LogP contribution in [0.3, 0.4) is 0 Å². The van der Waals surface area contributed by atoms with Crippen LogP contribution in [0.25, 0.3) is 0 Å². The predicted molar refractivity (Wildman–Crippen MR) is 115 cm³/mol. The first kappa shape index (κ1) is 20.5. The molecule has 0 aliphatic rings. The second kappa shape index (κ2) is 9.34. The van der Waals surface area contributed by atoms with Crippen LogP contribution in [0.1, 0.15) is 47.2 Å². The minimum atomic E-state index is -0.163. The van der Waals surface area contributed by atoms with E-state index >= 15 is 0 Å². The first-order valence-electron chi connectivity index (χ1n) is 9.28. The molecule has 2 aromatic carbocycles. The summed E-state index contributed by atoms with van der Waals surface area (Å²) in [5.41, 5.74) is 2.86. The summed E-state index contributed by atoms with van der Waals surface area (Å²) in [5, 5.41) is 8.69. The summed E-state index contributed by atoms with van der Waals surface area (Å²) < 4.78 is 5.58. The third kappa shape index (κ3) is 5.89. The number of Topliss-reactive ketones (excluding diaryl/α,β-unsaturated/α-hetero) is 1. The highest BCUT2D eigenvalue weighted by atomic mass is 32.1. The summed E-state index contributed by atoms with van der Waals surface area (Å²) in [6.07, 6.45) is 0.0919. The quantitative estimate of drug-likeness (QED) is 0.522. The Morgan fingerprint density at radius 1 is 1.03 bits per heavy atom. The zero-order valence-corrected chi connectivity index (χ0v) is 17.4. The maximum Gasteiger partial charge on any atom is 0.251 e. The van der Waals surface area contributed by atoms with Crippen LogP contribution >= 0.6 is 11.3 Å². The number of amides is 1. The summed E-state index contributed by atoms with van der Waals surface area (Å²) in [5.74, 6) is 0.609. The number of hydrogen-bond acceptors (Lipinski definition) is 6. The van der Waals surface area contributed by atoms with Crippen LogP contribution in [0.15, 0.2) is 53.9 Å². The molecule has 0 aliphatic carbocycles. The lowest BCUT2D eigenvalue weighted by atomic mass is 10.1. The van der Waals surface area contributed by atoms with Gasteiger partial charge in [-0.25, -0.2) is 4.98 Å². The Morgan fingerprint density at radius 2 is 1.69 bits per heavy atom. The Morgan fingerprint density at radius 3 is 2.31 bits per heavy atom. The van der Waals surface area contributed by atoms with E-state index in [1.807, 2.05) is 31.4 Å². The molecule has 0 atom stereocenters. The van der Waals surface area contributed by atoms with Gasteiger partial charge in [0, 0.05) is 22.2 Å². The molecule has 1 amide bonds. The maximum absolute atomic E-state index is 12.3. The molecule has 1 heterocycles. The fourth-order valence-corrected chi connectivity index (χ4v) is 3.32. The van der Waals surface area contributed by atoms with Gasteiger partial charge in [-0.2, -0.15) is 0 Å². The molecule has 7 heteroatoms. The number of ether oxygens (including phenoxy) is 1. The third-order valence-corrected chi connectivity index (χ3v) is 4.82.